The van der Waals surface area contributed by atoms with Crippen molar-refractivity contribution < 1.29 is 19.1 Å². The minimum absolute atomic E-state index is 0.146. The molecule has 1 aliphatic rings. The third-order valence-electron chi connectivity index (χ3n) is 2.56. The van der Waals surface area contributed by atoms with Gasteiger partial charge in [0.05, 0.1) is 5.69 Å². The standard InChI is InChI=1S/C12H12ClN3O4S/c13-11-8(2-1-3-14-11)15-9(17)7-20-10(18)6-16-4-5-21-12(16)19/h1-3H,4-7H2,(H,15,17). The molecule has 1 N–H and O–H groups in total. The molecule has 2 amide bonds. The van der Waals surface area contributed by atoms with Crippen LogP contribution in [0.5, 0.6) is 0 Å². The first-order valence-corrected chi connectivity index (χ1v) is 7.40. The minimum atomic E-state index is -0.627. The number of hydrogen-bond donors (Lipinski definition) is 1. The largest absolute Gasteiger partial charge is 0.454 e. The highest BCUT2D eigenvalue weighted by molar-refractivity contribution is 8.13. The second kappa shape index (κ2) is 7.28. The van der Waals surface area contributed by atoms with E-state index >= 15 is 0 Å². The van der Waals surface area contributed by atoms with E-state index in [0.717, 1.165) is 11.8 Å². The number of nitrogens with one attached hydrogen (secondary N) is 1. The molecular weight excluding hydrogens is 318 g/mol. The molecule has 0 atom stereocenters. The van der Waals surface area contributed by atoms with Gasteiger partial charge >= 0.3 is 5.97 Å². The van der Waals surface area contributed by atoms with Crippen LogP contribution in [0.3, 0.4) is 0 Å². The Morgan fingerprint density at radius 2 is 2.33 bits per heavy atom. The van der Waals surface area contributed by atoms with Gasteiger partial charge in [0.15, 0.2) is 11.8 Å². The minimum Gasteiger partial charge on any atom is -0.454 e. The zero-order valence-corrected chi connectivity index (χ0v) is 12.4. The number of amides is 2. The molecular formula is C12H12ClN3O4S. The van der Waals surface area contributed by atoms with E-state index in [1.807, 2.05) is 0 Å². The Labute approximate surface area is 130 Å². The van der Waals surface area contributed by atoms with Gasteiger partial charge in [0.25, 0.3) is 11.1 Å². The van der Waals surface area contributed by atoms with E-state index in [4.69, 9.17) is 16.3 Å². The van der Waals surface area contributed by atoms with Gasteiger partial charge in [0.1, 0.15) is 6.54 Å². The molecule has 1 aliphatic heterocycles. The van der Waals surface area contributed by atoms with Gasteiger partial charge in [-0.3, -0.25) is 14.4 Å². The lowest BCUT2D eigenvalue weighted by Crippen LogP contribution is -2.32. The van der Waals surface area contributed by atoms with Crippen LogP contribution in [-0.2, 0) is 14.3 Å². The van der Waals surface area contributed by atoms with Crippen LogP contribution in [0.4, 0.5) is 10.5 Å². The van der Waals surface area contributed by atoms with E-state index < -0.39 is 18.5 Å². The molecule has 2 heterocycles. The molecule has 0 unspecified atom stereocenters. The maximum absolute atomic E-state index is 11.6. The smallest absolute Gasteiger partial charge is 0.326 e. The van der Waals surface area contributed by atoms with E-state index in [-0.39, 0.29) is 16.9 Å². The summed E-state index contributed by atoms with van der Waals surface area (Å²) in [6, 6.07) is 3.19. The Morgan fingerprint density at radius 3 is 3.00 bits per heavy atom. The van der Waals surface area contributed by atoms with Crippen molar-refractivity contribution in [1.82, 2.24) is 9.88 Å². The molecule has 1 aromatic heterocycles. The Kier molecular flexibility index (Phi) is 5.40. The Balaban J connectivity index is 1.75. The number of carbonyl (C=O) groups is 3. The highest BCUT2D eigenvalue weighted by atomic mass is 35.5. The molecule has 9 heteroatoms. The lowest BCUT2D eigenvalue weighted by Gasteiger charge is -2.13. The number of rotatable bonds is 5. The summed E-state index contributed by atoms with van der Waals surface area (Å²) in [4.78, 5) is 39.6. The van der Waals surface area contributed by atoms with Crippen LogP contribution in [0.2, 0.25) is 5.15 Å². The summed E-state index contributed by atoms with van der Waals surface area (Å²) in [5.41, 5.74) is 0.339. The van der Waals surface area contributed by atoms with Gasteiger partial charge in [0.2, 0.25) is 0 Å². The summed E-state index contributed by atoms with van der Waals surface area (Å²) in [6.07, 6.45) is 1.49. The summed E-state index contributed by atoms with van der Waals surface area (Å²) < 4.78 is 4.81. The summed E-state index contributed by atoms with van der Waals surface area (Å²) in [5.74, 6) is -0.495. The van der Waals surface area contributed by atoms with Crippen LogP contribution in [0, 0.1) is 0 Å². The SMILES string of the molecule is O=C(COC(=O)CN1CCSC1=O)Nc1cccnc1Cl. The number of nitrogens with zero attached hydrogens (tertiary/aromatic N) is 2. The number of pyridine rings is 1. The summed E-state index contributed by atoms with van der Waals surface area (Å²) in [6.45, 7) is -0.0813. The van der Waals surface area contributed by atoms with Crippen molar-refractivity contribution in [3.63, 3.8) is 0 Å². The van der Waals surface area contributed by atoms with Gasteiger partial charge in [-0.2, -0.15) is 0 Å². The number of carbonyl (C=O) groups excluding carboxylic acids is 3. The highest BCUT2D eigenvalue weighted by Gasteiger charge is 2.24. The maximum atomic E-state index is 11.6. The van der Waals surface area contributed by atoms with Gasteiger partial charge in [-0.1, -0.05) is 23.4 Å². The monoisotopic (exact) mass is 329 g/mol. The summed E-state index contributed by atoms with van der Waals surface area (Å²) in [5, 5.41) is 2.47. The van der Waals surface area contributed by atoms with Crippen molar-refractivity contribution in [1.29, 1.82) is 0 Å². The van der Waals surface area contributed by atoms with Gasteiger partial charge in [-0.25, -0.2) is 4.98 Å². The van der Waals surface area contributed by atoms with Crippen LogP contribution in [0.25, 0.3) is 0 Å². The molecule has 7 nitrogen and oxygen atoms in total. The average Bonchev–Trinajstić information content (AvgIpc) is 2.85. The van der Waals surface area contributed by atoms with Gasteiger partial charge in [-0.15, -0.1) is 0 Å². The molecule has 0 aliphatic carbocycles. The fourth-order valence-corrected chi connectivity index (χ4v) is 2.57. The van der Waals surface area contributed by atoms with Crippen molar-refractivity contribution >= 4 is 46.2 Å². The average molecular weight is 330 g/mol. The van der Waals surface area contributed by atoms with Crippen LogP contribution >= 0.6 is 23.4 Å². The van der Waals surface area contributed by atoms with Crippen molar-refractivity contribution in [3.05, 3.63) is 23.5 Å². The number of anilines is 1. The molecule has 0 saturated carbocycles. The van der Waals surface area contributed by atoms with Crippen LogP contribution < -0.4 is 5.32 Å². The Bertz CT molecular complexity index is 569. The first kappa shape index (κ1) is 15.6. The normalized spacial score (nSPS) is 14.1. The molecule has 112 valence electrons. The first-order chi connectivity index (χ1) is 10.1. The number of esters is 1. The summed E-state index contributed by atoms with van der Waals surface area (Å²) >= 11 is 6.93. The second-order valence-electron chi connectivity index (χ2n) is 4.09. The van der Waals surface area contributed by atoms with Crippen molar-refractivity contribution in [3.8, 4) is 0 Å². The summed E-state index contributed by atoms with van der Waals surface area (Å²) in [7, 11) is 0. The number of hydrogen-bond acceptors (Lipinski definition) is 6. The Hall–Kier alpha value is -1.80. The quantitative estimate of drug-likeness (QED) is 0.648. The van der Waals surface area contributed by atoms with E-state index in [1.165, 1.54) is 11.1 Å². The van der Waals surface area contributed by atoms with E-state index in [0.29, 0.717) is 18.0 Å². The van der Waals surface area contributed by atoms with Gasteiger partial charge in [-0.05, 0) is 12.1 Å². The van der Waals surface area contributed by atoms with Crippen LogP contribution in [0.15, 0.2) is 18.3 Å². The molecule has 1 saturated heterocycles. The first-order valence-electron chi connectivity index (χ1n) is 6.04. The van der Waals surface area contributed by atoms with E-state index in [2.05, 4.69) is 10.3 Å². The lowest BCUT2D eigenvalue weighted by molar-refractivity contribution is -0.147. The van der Waals surface area contributed by atoms with Gasteiger partial charge in [0, 0.05) is 18.5 Å². The second-order valence-corrected chi connectivity index (χ2v) is 5.49. The highest BCUT2D eigenvalue weighted by Crippen LogP contribution is 2.17. The molecule has 0 radical (unpaired) electrons. The molecule has 1 fully saturated rings. The molecule has 0 bridgehead atoms. The number of thioether (sulfide) groups is 1. The van der Waals surface area contributed by atoms with Crippen LogP contribution in [0.1, 0.15) is 0 Å². The third-order valence-corrected chi connectivity index (χ3v) is 3.76. The fraction of sp³-hybridized carbons (Fsp3) is 0.333. The van der Waals surface area contributed by atoms with Crippen molar-refractivity contribution in [2.24, 2.45) is 0 Å². The van der Waals surface area contributed by atoms with Crippen molar-refractivity contribution in [2.45, 2.75) is 0 Å². The topological polar surface area (TPSA) is 88.6 Å². The number of ether oxygens (including phenoxy) is 1. The number of aromatic nitrogens is 1. The predicted octanol–water partition coefficient (Wildman–Crippen LogP) is 1.39. The molecule has 0 spiro atoms. The zero-order chi connectivity index (χ0) is 15.2. The van der Waals surface area contributed by atoms with Crippen LogP contribution in [-0.4, -0.2) is 52.4 Å². The molecule has 0 aromatic carbocycles. The molecule has 2 rings (SSSR count). The lowest BCUT2D eigenvalue weighted by atomic mass is 10.4. The maximum Gasteiger partial charge on any atom is 0.326 e. The Morgan fingerprint density at radius 1 is 1.52 bits per heavy atom. The number of halogens is 1. The predicted molar refractivity (Wildman–Crippen MR) is 78.3 cm³/mol. The third kappa shape index (κ3) is 4.61. The molecule has 1 aromatic rings. The fourth-order valence-electron chi connectivity index (χ4n) is 1.58. The zero-order valence-electron chi connectivity index (χ0n) is 10.9. The van der Waals surface area contributed by atoms with Crippen molar-refractivity contribution in [2.75, 3.05) is 30.8 Å². The van der Waals surface area contributed by atoms with E-state index in [1.54, 1.807) is 12.1 Å². The van der Waals surface area contributed by atoms with E-state index in [9.17, 15) is 14.4 Å². The molecule has 21 heavy (non-hydrogen) atoms. The van der Waals surface area contributed by atoms with Gasteiger partial charge < -0.3 is 15.0 Å².